The molecule has 3 rings (SSSR count). The summed E-state index contributed by atoms with van der Waals surface area (Å²) in [5.41, 5.74) is 2.69. The van der Waals surface area contributed by atoms with Crippen LogP contribution in [0.4, 0.5) is 11.4 Å². The number of carboxylic acids is 1. The topological polar surface area (TPSA) is 56.1 Å². The van der Waals surface area contributed by atoms with Crippen molar-refractivity contribution in [3.63, 3.8) is 0 Å². The molecular weight excluding hydrogens is 290 g/mol. The van der Waals surface area contributed by atoms with Gasteiger partial charge in [0.15, 0.2) is 0 Å². The molecule has 1 atom stereocenters. The molecule has 5 nitrogen and oxygen atoms in total. The molecule has 1 N–H and O–H groups in total. The molecule has 0 aliphatic carbocycles. The lowest BCUT2D eigenvalue weighted by Crippen LogP contribution is -2.45. The van der Waals surface area contributed by atoms with Gasteiger partial charge in [-0.15, -0.1) is 0 Å². The molecule has 0 saturated carbocycles. The van der Waals surface area contributed by atoms with Gasteiger partial charge in [0.05, 0.1) is 18.2 Å². The van der Waals surface area contributed by atoms with Gasteiger partial charge in [0, 0.05) is 25.3 Å². The van der Waals surface area contributed by atoms with Gasteiger partial charge >= 0.3 is 5.97 Å². The van der Waals surface area contributed by atoms with Crippen LogP contribution in [-0.2, 0) is 4.79 Å². The number of aliphatic carboxylic acids is 1. The third kappa shape index (κ3) is 2.90. The van der Waals surface area contributed by atoms with Crippen LogP contribution in [0.1, 0.15) is 18.0 Å². The lowest BCUT2D eigenvalue weighted by atomic mass is 9.97. The molecule has 5 heteroatoms. The highest BCUT2D eigenvalue weighted by Crippen LogP contribution is 2.39. The monoisotopic (exact) mass is 309 g/mol. The van der Waals surface area contributed by atoms with E-state index in [4.69, 9.17) is 4.99 Å². The molecule has 0 aromatic heterocycles. The van der Waals surface area contributed by atoms with Gasteiger partial charge in [-0.3, -0.25) is 4.79 Å². The first kappa shape index (κ1) is 15.1. The molecule has 1 aliphatic heterocycles. The number of nitrogens with zero attached hydrogens (tertiary/aromatic N) is 3. The summed E-state index contributed by atoms with van der Waals surface area (Å²) < 4.78 is 0. The summed E-state index contributed by atoms with van der Waals surface area (Å²) >= 11 is 0. The SMILES string of the molecule is CN(C)C1=Nc2ccccc2C(CC(=O)O)N1c1ccccc1. The van der Waals surface area contributed by atoms with Gasteiger partial charge in [-0.25, -0.2) is 4.99 Å². The lowest BCUT2D eigenvalue weighted by molar-refractivity contribution is -0.137. The van der Waals surface area contributed by atoms with E-state index in [1.807, 2.05) is 78.5 Å². The Morgan fingerprint density at radius 3 is 2.43 bits per heavy atom. The van der Waals surface area contributed by atoms with Crippen molar-refractivity contribution in [3.05, 3.63) is 60.2 Å². The van der Waals surface area contributed by atoms with Crippen LogP contribution >= 0.6 is 0 Å². The van der Waals surface area contributed by atoms with Gasteiger partial charge in [-0.05, 0) is 18.2 Å². The van der Waals surface area contributed by atoms with E-state index >= 15 is 0 Å². The van der Waals surface area contributed by atoms with E-state index in [1.165, 1.54) is 0 Å². The van der Waals surface area contributed by atoms with Crippen molar-refractivity contribution in [3.8, 4) is 0 Å². The van der Waals surface area contributed by atoms with Gasteiger partial charge in [-0.1, -0.05) is 36.4 Å². The number of carboxylic acid groups (broad SMARTS) is 1. The number of fused-ring (bicyclic) bond motifs is 1. The zero-order valence-electron chi connectivity index (χ0n) is 13.2. The van der Waals surface area contributed by atoms with Gasteiger partial charge in [-0.2, -0.15) is 0 Å². The molecule has 0 bridgehead atoms. The van der Waals surface area contributed by atoms with Crippen LogP contribution in [0.15, 0.2) is 59.6 Å². The highest BCUT2D eigenvalue weighted by molar-refractivity contribution is 6.00. The Bertz CT molecular complexity index is 741. The third-order valence-electron chi connectivity index (χ3n) is 3.85. The van der Waals surface area contributed by atoms with Gasteiger partial charge in [0.2, 0.25) is 5.96 Å². The van der Waals surface area contributed by atoms with Crippen LogP contribution in [0.2, 0.25) is 0 Å². The molecule has 2 aromatic carbocycles. The molecule has 0 saturated heterocycles. The summed E-state index contributed by atoms with van der Waals surface area (Å²) in [6.07, 6.45) is 0.0127. The maximum absolute atomic E-state index is 11.5. The molecule has 2 aromatic rings. The number of anilines is 1. The van der Waals surface area contributed by atoms with E-state index in [-0.39, 0.29) is 12.5 Å². The first-order valence-corrected chi connectivity index (χ1v) is 7.49. The smallest absolute Gasteiger partial charge is 0.305 e. The van der Waals surface area contributed by atoms with Crippen LogP contribution < -0.4 is 4.90 Å². The van der Waals surface area contributed by atoms with Gasteiger partial charge in [0.1, 0.15) is 0 Å². The summed E-state index contributed by atoms with van der Waals surface area (Å²) in [6, 6.07) is 17.2. The summed E-state index contributed by atoms with van der Waals surface area (Å²) in [6.45, 7) is 0. The first-order chi connectivity index (χ1) is 11.1. The molecule has 0 amide bonds. The van der Waals surface area contributed by atoms with Gasteiger partial charge in [0.25, 0.3) is 0 Å². The first-order valence-electron chi connectivity index (χ1n) is 7.49. The van der Waals surface area contributed by atoms with Crippen LogP contribution in [0.25, 0.3) is 0 Å². The highest BCUT2D eigenvalue weighted by atomic mass is 16.4. The molecule has 1 aliphatic rings. The van der Waals surface area contributed by atoms with E-state index in [9.17, 15) is 9.90 Å². The number of hydrogen-bond donors (Lipinski definition) is 1. The minimum atomic E-state index is -0.828. The van der Waals surface area contributed by atoms with E-state index < -0.39 is 5.97 Å². The summed E-state index contributed by atoms with van der Waals surface area (Å²) in [4.78, 5) is 20.1. The molecule has 1 unspecified atom stereocenters. The zero-order valence-corrected chi connectivity index (χ0v) is 13.2. The minimum absolute atomic E-state index is 0.0127. The van der Waals surface area contributed by atoms with Crippen molar-refractivity contribution in [2.75, 3.05) is 19.0 Å². The average molecular weight is 309 g/mol. The summed E-state index contributed by atoms with van der Waals surface area (Å²) in [7, 11) is 3.83. The number of guanidine groups is 1. The number of rotatable bonds is 3. The Morgan fingerprint density at radius 2 is 1.78 bits per heavy atom. The van der Waals surface area contributed by atoms with E-state index in [0.29, 0.717) is 0 Å². The normalized spacial score (nSPS) is 16.5. The summed E-state index contributed by atoms with van der Waals surface area (Å²) in [5.74, 6) is -0.0908. The Hall–Kier alpha value is -2.82. The maximum Gasteiger partial charge on any atom is 0.305 e. The maximum atomic E-state index is 11.5. The number of carbonyl (C=O) groups is 1. The van der Waals surface area contributed by atoms with Crippen molar-refractivity contribution in [1.29, 1.82) is 0 Å². The fourth-order valence-corrected chi connectivity index (χ4v) is 2.88. The summed E-state index contributed by atoms with van der Waals surface area (Å²) in [5, 5.41) is 9.40. The van der Waals surface area contributed by atoms with Crippen molar-refractivity contribution in [2.45, 2.75) is 12.5 Å². The van der Waals surface area contributed by atoms with Crippen LogP contribution in [-0.4, -0.2) is 36.0 Å². The molecule has 0 spiro atoms. The number of aliphatic imine (C=N–C) groups is 1. The quantitative estimate of drug-likeness (QED) is 0.945. The largest absolute Gasteiger partial charge is 0.481 e. The third-order valence-corrected chi connectivity index (χ3v) is 3.85. The molecule has 118 valence electrons. The van der Waals surface area contributed by atoms with Crippen molar-refractivity contribution >= 4 is 23.3 Å². The number of hydrogen-bond acceptors (Lipinski definition) is 4. The second-order valence-electron chi connectivity index (χ2n) is 5.68. The Kier molecular flexibility index (Phi) is 4.02. The van der Waals surface area contributed by atoms with Crippen molar-refractivity contribution < 1.29 is 9.90 Å². The zero-order chi connectivity index (χ0) is 16.4. The molecule has 23 heavy (non-hydrogen) atoms. The lowest BCUT2D eigenvalue weighted by Gasteiger charge is -2.39. The second kappa shape index (κ2) is 6.12. The predicted molar refractivity (Wildman–Crippen MR) is 91.1 cm³/mol. The standard InChI is InChI=1S/C18H19N3O2/c1-20(2)18-19-15-11-7-6-10-14(15)16(12-17(22)23)21(18)13-8-4-3-5-9-13/h3-11,16H,12H2,1-2H3,(H,22,23). The van der Waals surface area contributed by atoms with Gasteiger partial charge < -0.3 is 14.9 Å². The molecule has 1 heterocycles. The Labute approximate surface area is 135 Å². The number of para-hydroxylation sites is 2. The number of benzene rings is 2. The van der Waals surface area contributed by atoms with Crippen LogP contribution in [0.5, 0.6) is 0 Å². The average Bonchev–Trinajstić information content (AvgIpc) is 2.54. The van der Waals surface area contributed by atoms with E-state index in [1.54, 1.807) is 0 Å². The van der Waals surface area contributed by atoms with E-state index in [0.717, 1.165) is 22.9 Å². The second-order valence-corrected chi connectivity index (χ2v) is 5.68. The Morgan fingerprint density at radius 1 is 1.13 bits per heavy atom. The fourth-order valence-electron chi connectivity index (χ4n) is 2.88. The Balaban J connectivity index is 2.18. The van der Waals surface area contributed by atoms with Crippen molar-refractivity contribution in [2.24, 2.45) is 4.99 Å². The van der Waals surface area contributed by atoms with Crippen LogP contribution in [0.3, 0.4) is 0 Å². The van der Waals surface area contributed by atoms with Crippen LogP contribution in [0, 0.1) is 0 Å². The van der Waals surface area contributed by atoms with E-state index in [2.05, 4.69) is 0 Å². The van der Waals surface area contributed by atoms with Crippen molar-refractivity contribution in [1.82, 2.24) is 4.90 Å². The highest BCUT2D eigenvalue weighted by Gasteiger charge is 2.33. The minimum Gasteiger partial charge on any atom is -0.481 e. The predicted octanol–water partition coefficient (Wildman–Crippen LogP) is 3.27. The molecule has 0 radical (unpaired) electrons. The molecule has 0 fully saturated rings. The molecular formula is C18H19N3O2. The fraction of sp³-hybridized carbons (Fsp3) is 0.222.